The first-order valence-corrected chi connectivity index (χ1v) is 8.68. The predicted octanol–water partition coefficient (Wildman–Crippen LogP) is 2.39. The standard InChI is InChI=1S/C20H23N3O3/c1-15(24)23(14-20(25)22-12-11-16(21)13-22)18-9-5-6-10-19(18)26-17-7-3-2-4-8-17/h2-10,16H,11-14,21H2,1H3. The van der Waals surface area contributed by atoms with Crippen LogP contribution < -0.4 is 15.4 Å². The van der Waals surface area contributed by atoms with Crippen LogP contribution in [0.2, 0.25) is 0 Å². The normalized spacial score (nSPS) is 16.4. The van der Waals surface area contributed by atoms with Gasteiger partial charge in [-0.15, -0.1) is 0 Å². The third-order valence-corrected chi connectivity index (χ3v) is 4.38. The van der Waals surface area contributed by atoms with Crippen LogP contribution >= 0.6 is 0 Å². The lowest BCUT2D eigenvalue weighted by atomic mass is 10.2. The molecule has 1 fully saturated rings. The monoisotopic (exact) mass is 353 g/mol. The number of anilines is 1. The lowest BCUT2D eigenvalue weighted by Crippen LogP contribution is -2.42. The highest BCUT2D eigenvalue weighted by Crippen LogP contribution is 2.32. The summed E-state index contributed by atoms with van der Waals surface area (Å²) >= 11 is 0. The van der Waals surface area contributed by atoms with Crippen molar-refractivity contribution in [1.82, 2.24) is 4.90 Å². The van der Waals surface area contributed by atoms with Gasteiger partial charge in [0.25, 0.3) is 0 Å². The number of hydrogen-bond acceptors (Lipinski definition) is 4. The molecule has 2 aromatic rings. The van der Waals surface area contributed by atoms with Gasteiger partial charge in [-0.1, -0.05) is 30.3 Å². The highest BCUT2D eigenvalue weighted by Gasteiger charge is 2.27. The Kier molecular flexibility index (Phi) is 5.53. The van der Waals surface area contributed by atoms with Gasteiger partial charge in [0.05, 0.1) is 5.69 Å². The Morgan fingerprint density at radius 3 is 2.50 bits per heavy atom. The summed E-state index contributed by atoms with van der Waals surface area (Å²) in [5, 5.41) is 0. The van der Waals surface area contributed by atoms with E-state index in [-0.39, 0.29) is 24.4 Å². The van der Waals surface area contributed by atoms with E-state index in [1.807, 2.05) is 42.5 Å². The van der Waals surface area contributed by atoms with Crippen LogP contribution in [-0.4, -0.2) is 42.4 Å². The predicted molar refractivity (Wildman–Crippen MR) is 100 cm³/mol. The second-order valence-electron chi connectivity index (χ2n) is 6.38. The minimum Gasteiger partial charge on any atom is -0.455 e. The molecule has 0 aliphatic carbocycles. The summed E-state index contributed by atoms with van der Waals surface area (Å²) in [7, 11) is 0. The molecule has 0 saturated carbocycles. The van der Waals surface area contributed by atoms with Crippen LogP contribution in [0.3, 0.4) is 0 Å². The summed E-state index contributed by atoms with van der Waals surface area (Å²) in [4.78, 5) is 28.0. The second kappa shape index (κ2) is 8.01. The molecule has 0 spiro atoms. The zero-order valence-electron chi connectivity index (χ0n) is 14.8. The third-order valence-electron chi connectivity index (χ3n) is 4.38. The molecule has 0 bridgehead atoms. The molecule has 2 amide bonds. The molecule has 6 nitrogen and oxygen atoms in total. The van der Waals surface area contributed by atoms with Crippen molar-refractivity contribution in [3.63, 3.8) is 0 Å². The van der Waals surface area contributed by atoms with Crippen LogP contribution in [0.15, 0.2) is 54.6 Å². The fraction of sp³-hybridized carbons (Fsp3) is 0.300. The average molecular weight is 353 g/mol. The lowest BCUT2D eigenvalue weighted by molar-refractivity contribution is -0.130. The molecule has 6 heteroatoms. The number of hydrogen-bond donors (Lipinski definition) is 1. The fourth-order valence-electron chi connectivity index (χ4n) is 3.00. The first kappa shape index (κ1) is 17.9. The maximum Gasteiger partial charge on any atom is 0.242 e. The van der Waals surface area contributed by atoms with Gasteiger partial charge in [-0.05, 0) is 30.7 Å². The summed E-state index contributed by atoms with van der Waals surface area (Å²) in [6.45, 7) is 2.58. The summed E-state index contributed by atoms with van der Waals surface area (Å²) < 4.78 is 5.93. The van der Waals surface area contributed by atoms with E-state index in [0.29, 0.717) is 30.3 Å². The number of amides is 2. The summed E-state index contributed by atoms with van der Waals surface area (Å²) in [5.74, 6) is 0.869. The zero-order valence-corrected chi connectivity index (χ0v) is 14.8. The number of para-hydroxylation sites is 3. The Bertz CT molecular complexity index is 779. The molecule has 1 saturated heterocycles. The Labute approximate surface area is 153 Å². The first-order valence-electron chi connectivity index (χ1n) is 8.68. The molecule has 0 radical (unpaired) electrons. The Morgan fingerprint density at radius 2 is 1.85 bits per heavy atom. The highest BCUT2D eigenvalue weighted by atomic mass is 16.5. The van der Waals surface area contributed by atoms with Gasteiger partial charge in [0.15, 0.2) is 5.75 Å². The molecule has 1 aliphatic heterocycles. The maximum absolute atomic E-state index is 12.6. The maximum atomic E-state index is 12.6. The van der Waals surface area contributed by atoms with E-state index < -0.39 is 0 Å². The second-order valence-corrected chi connectivity index (χ2v) is 6.38. The average Bonchev–Trinajstić information content (AvgIpc) is 3.07. The molecule has 1 unspecified atom stereocenters. The Balaban J connectivity index is 1.82. The van der Waals surface area contributed by atoms with E-state index in [1.54, 1.807) is 17.0 Å². The van der Waals surface area contributed by atoms with Gasteiger partial charge < -0.3 is 15.4 Å². The quantitative estimate of drug-likeness (QED) is 0.895. The van der Waals surface area contributed by atoms with Gasteiger partial charge >= 0.3 is 0 Å². The zero-order chi connectivity index (χ0) is 18.5. The van der Waals surface area contributed by atoms with E-state index in [4.69, 9.17) is 10.5 Å². The summed E-state index contributed by atoms with van der Waals surface area (Å²) in [6, 6.07) is 16.6. The molecule has 0 aromatic heterocycles. The number of nitrogens with zero attached hydrogens (tertiary/aromatic N) is 2. The summed E-state index contributed by atoms with van der Waals surface area (Å²) in [5.41, 5.74) is 6.45. The van der Waals surface area contributed by atoms with Gasteiger partial charge in [0.2, 0.25) is 11.8 Å². The van der Waals surface area contributed by atoms with E-state index in [9.17, 15) is 9.59 Å². The van der Waals surface area contributed by atoms with Crippen molar-refractivity contribution in [2.75, 3.05) is 24.5 Å². The van der Waals surface area contributed by atoms with Crippen LogP contribution in [0.1, 0.15) is 13.3 Å². The largest absolute Gasteiger partial charge is 0.455 e. The van der Waals surface area contributed by atoms with Crippen molar-refractivity contribution in [2.24, 2.45) is 5.73 Å². The van der Waals surface area contributed by atoms with Crippen LogP contribution in [0.5, 0.6) is 11.5 Å². The lowest BCUT2D eigenvalue weighted by Gasteiger charge is -2.25. The van der Waals surface area contributed by atoms with Gasteiger partial charge in [-0.3, -0.25) is 14.5 Å². The topological polar surface area (TPSA) is 75.9 Å². The van der Waals surface area contributed by atoms with Gasteiger partial charge in [0, 0.05) is 26.1 Å². The fourth-order valence-corrected chi connectivity index (χ4v) is 3.00. The first-order chi connectivity index (χ1) is 12.5. The number of ether oxygens (including phenoxy) is 1. The van der Waals surface area contributed by atoms with Gasteiger partial charge in [-0.25, -0.2) is 0 Å². The van der Waals surface area contributed by atoms with Crippen molar-refractivity contribution < 1.29 is 14.3 Å². The molecule has 1 heterocycles. The minimum atomic E-state index is -0.217. The molecule has 2 N–H and O–H groups in total. The van der Waals surface area contributed by atoms with Crippen molar-refractivity contribution in [3.8, 4) is 11.5 Å². The molecule has 1 aliphatic rings. The van der Waals surface area contributed by atoms with Crippen LogP contribution in [-0.2, 0) is 9.59 Å². The van der Waals surface area contributed by atoms with Crippen LogP contribution in [0.25, 0.3) is 0 Å². The Hall–Kier alpha value is -2.86. The number of carbonyl (C=O) groups excluding carboxylic acids is 2. The Morgan fingerprint density at radius 1 is 1.15 bits per heavy atom. The van der Waals surface area contributed by atoms with Crippen molar-refractivity contribution >= 4 is 17.5 Å². The van der Waals surface area contributed by atoms with E-state index >= 15 is 0 Å². The number of likely N-dealkylation sites (tertiary alicyclic amines) is 1. The molecule has 2 aromatic carbocycles. The van der Waals surface area contributed by atoms with Crippen LogP contribution in [0.4, 0.5) is 5.69 Å². The smallest absolute Gasteiger partial charge is 0.242 e. The van der Waals surface area contributed by atoms with Crippen LogP contribution in [0, 0.1) is 0 Å². The summed E-state index contributed by atoms with van der Waals surface area (Å²) in [6.07, 6.45) is 0.791. The highest BCUT2D eigenvalue weighted by molar-refractivity contribution is 5.98. The SMILES string of the molecule is CC(=O)N(CC(=O)N1CCC(N)C1)c1ccccc1Oc1ccccc1. The molecule has 1 atom stereocenters. The molecule has 3 rings (SSSR count). The number of rotatable bonds is 5. The molecular weight excluding hydrogens is 330 g/mol. The van der Waals surface area contributed by atoms with E-state index in [2.05, 4.69) is 0 Å². The van der Waals surface area contributed by atoms with E-state index in [1.165, 1.54) is 11.8 Å². The van der Waals surface area contributed by atoms with Gasteiger partial charge in [0.1, 0.15) is 12.3 Å². The van der Waals surface area contributed by atoms with E-state index in [0.717, 1.165) is 6.42 Å². The van der Waals surface area contributed by atoms with Crippen molar-refractivity contribution in [2.45, 2.75) is 19.4 Å². The van der Waals surface area contributed by atoms with Crippen molar-refractivity contribution in [3.05, 3.63) is 54.6 Å². The molecule has 26 heavy (non-hydrogen) atoms. The number of nitrogens with two attached hydrogens (primary N) is 1. The number of carbonyl (C=O) groups is 2. The van der Waals surface area contributed by atoms with Gasteiger partial charge in [-0.2, -0.15) is 0 Å². The minimum absolute atomic E-state index is 0.0124. The number of benzene rings is 2. The molecule has 136 valence electrons. The molecular formula is C20H23N3O3. The third kappa shape index (κ3) is 4.21. The van der Waals surface area contributed by atoms with Crippen molar-refractivity contribution in [1.29, 1.82) is 0 Å².